The summed E-state index contributed by atoms with van der Waals surface area (Å²) in [6.07, 6.45) is 0.103. The Kier molecular flexibility index (Phi) is 4.19. The molecular formula is C12H13BrN2O3. The molecule has 1 aliphatic rings. The Morgan fingerprint density at radius 2 is 2.11 bits per heavy atom. The van der Waals surface area contributed by atoms with Crippen LogP contribution in [0.15, 0.2) is 24.3 Å². The van der Waals surface area contributed by atoms with E-state index in [-0.39, 0.29) is 12.0 Å². The van der Waals surface area contributed by atoms with E-state index >= 15 is 0 Å². The monoisotopic (exact) mass is 312 g/mol. The van der Waals surface area contributed by atoms with Gasteiger partial charge >= 0.3 is 6.09 Å². The number of nitrogens with zero attached hydrogens (tertiary/aromatic N) is 1. The van der Waals surface area contributed by atoms with E-state index in [1.165, 1.54) is 0 Å². The molecule has 2 rings (SSSR count). The molecule has 1 saturated heterocycles. The molecule has 0 aliphatic carbocycles. The van der Waals surface area contributed by atoms with Gasteiger partial charge in [0.05, 0.1) is 6.54 Å². The predicted molar refractivity (Wildman–Crippen MR) is 72.2 cm³/mol. The number of amides is 2. The molecule has 0 spiro atoms. The van der Waals surface area contributed by atoms with Gasteiger partial charge in [-0.05, 0) is 24.3 Å². The molecule has 1 N–H and O–H groups in total. The average Bonchev–Trinajstić information content (AvgIpc) is 2.77. The average molecular weight is 313 g/mol. The first-order valence-corrected chi connectivity index (χ1v) is 6.73. The minimum atomic E-state index is -0.328. The van der Waals surface area contributed by atoms with Gasteiger partial charge in [0, 0.05) is 23.1 Å². The van der Waals surface area contributed by atoms with Crippen molar-refractivity contribution in [1.82, 2.24) is 0 Å². The van der Waals surface area contributed by atoms with Crippen molar-refractivity contribution in [3.05, 3.63) is 24.3 Å². The van der Waals surface area contributed by atoms with E-state index in [4.69, 9.17) is 4.74 Å². The Morgan fingerprint density at radius 3 is 2.67 bits per heavy atom. The maximum absolute atomic E-state index is 11.4. The number of cyclic esters (lactones) is 1. The number of carbonyl (C=O) groups excluding carboxylic acids is 2. The number of hydrogen-bond donors (Lipinski definition) is 1. The second kappa shape index (κ2) is 5.86. The van der Waals surface area contributed by atoms with E-state index < -0.39 is 0 Å². The Hall–Kier alpha value is -1.56. The van der Waals surface area contributed by atoms with Crippen LogP contribution in [0.25, 0.3) is 0 Å². The predicted octanol–water partition coefficient (Wildman–Crippen LogP) is 2.37. The van der Waals surface area contributed by atoms with Gasteiger partial charge in [-0.3, -0.25) is 9.69 Å². The summed E-state index contributed by atoms with van der Waals surface area (Å²) in [5.74, 6) is -0.0415. The van der Waals surface area contributed by atoms with Gasteiger partial charge in [-0.15, -0.1) is 0 Å². The van der Waals surface area contributed by atoms with Crippen molar-refractivity contribution < 1.29 is 14.3 Å². The van der Waals surface area contributed by atoms with Crippen LogP contribution < -0.4 is 10.2 Å². The highest BCUT2D eigenvalue weighted by molar-refractivity contribution is 9.09. The quantitative estimate of drug-likeness (QED) is 0.868. The molecule has 0 bridgehead atoms. The Morgan fingerprint density at radius 1 is 1.39 bits per heavy atom. The Balaban J connectivity index is 2.01. The van der Waals surface area contributed by atoms with E-state index in [9.17, 15) is 9.59 Å². The van der Waals surface area contributed by atoms with Crippen LogP contribution in [-0.4, -0.2) is 30.5 Å². The van der Waals surface area contributed by atoms with Gasteiger partial charge in [-0.1, -0.05) is 15.9 Å². The minimum absolute atomic E-state index is 0.0415. The highest BCUT2D eigenvalue weighted by Crippen LogP contribution is 2.21. The fourth-order valence-corrected chi connectivity index (χ4v) is 2.02. The number of alkyl halides is 1. The lowest BCUT2D eigenvalue weighted by molar-refractivity contribution is -0.115. The number of carbonyl (C=O) groups is 2. The summed E-state index contributed by atoms with van der Waals surface area (Å²) in [7, 11) is 0. The molecule has 1 aromatic rings. The van der Waals surface area contributed by atoms with Gasteiger partial charge in [0.15, 0.2) is 0 Å². The molecule has 0 atom stereocenters. The van der Waals surface area contributed by atoms with Crippen LogP contribution in [0.4, 0.5) is 16.2 Å². The van der Waals surface area contributed by atoms with Crippen LogP contribution in [0.2, 0.25) is 0 Å². The van der Waals surface area contributed by atoms with E-state index in [2.05, 4.69) is 21.2 Å². The number of rotatable bonds is 4. The zero-order chi connectivity index (χ0) is 13.0. The van der Waals surface area contributed by atoms with Crippen molar-refractivity contribution in [3.8, 4) is 0 Å². The molecular weight excluding hydrogens is 300 g/mol. The van der Waals surface area contributed by atoms with Gasteiger partial charge in [0.1, 0.15) is 6.61 Å². The van der Waals surface area contributed by atoms with E-state index in [0.717, 1.165) is 11.4 Å². The molecule has 6 heteroatoms. The molecule has 18 heavy (non-hydrogen) atoms. The van der Waals surface area contributed by atoms with Crippen LogP contribution in [0, 0.1) is 0 Å². The van der Waals surface area contributed by atoms with Crippen LogP contribution in [0.5, 0.6) is 0 Å². The summed E-state index contributed by atoms with van der Waals surface area (Å²) < 4.78 is 4.86. The second-order valence-electron chi connectivity index (χ2n) is 3.80. The molecule has 1 aromatic carbocycles. The summed E-state index contributed by atoms with van der Waals surface area (Å²) in [4.78, 5) is 24.3. The first-order chi connectivity index (χ1) is 8.70. The van der Waals surface area contributed by atoms with Crippen molar-refractivity contribution >= 4 is 39.3 Å². The SMILES string of the molecule is O=C(CCBr)Nc1ccc(N2CCOC2=O)cc1. The molecule has 1 aliphatic heterocycles. The molecule has 0 aromatic heterocycles. The molecule has 1 heterocycles. The van der Waals surface area contributed by atoms with Gasteiger partial charge in [-0.2, -0.15) is 0 Å². The number of anilines is 2. The minimum Gasteiger partial charge on any atom is -0.447 e. The van der Waals surface area contributed by atoms with Crippen LogP contribution in [-0.2, 0) is 9.53 Å². The zero-order valence-electron chi connectivity index (χ0n) is 9.69. The van der Waals surface area contributed by atoms with Crippen molar-refractivity contribution in [2.75, 3.05) is 28.7 Å². The first-order valence-electron chi connectivity index (χ1n) is 5.61. The number of benzene rings is 1. The largest absolute Gasteiger partial charge is 0.447 e. The lowest BCUT2D eigenvalue weighted by Gasteiger charge is -2.13. The lowest BCUT2D eigenvalue weighted by Crippen LogP contribution is -2.23. The van der Waals surface area contributed by atoms with Crippen molar-refractivity contribution in [1.29, 1.82) is 0 Å². The standard InChI is InChI=1S/C12H13BrN2O3/c13-6-5-11(16)14-9-1-3-10(4-2-9)15-7-8-18-12(15)17/h1-4H,5-8H2,(H,14,16). The van der Waals surface area contributed by atoms with Crippen molar-refractivity contribution in [2.45, 2.75) is 6.42 Å². The fourth-order valence-electron chi connectivity index (χ4n) is 1.66. The molecule has 96 valence electrons. The van der Waals surface area contributed by atoms with Crippen LogP contribution in [0.3, 0.4) is 0 Å². The number of hydrogen-bond acceptors (Lipinski definition) is 3. The fraction of sp³-hybridized carbons (Fsp3) is 0.333. The third kappa shape index (κ3) is 3.01. The smallest absolute Gasteiger partial charge is 0.414 e. The maximum Gasteiger partial charge on any atom is 0.414 e. The molecule has 5 nitrogen and oxygen atoms in total. The summed E-state index contributed by atoms with van der Waals surface area (Å²) in [6, 6.07) is 7.12. The van der Waals surface area contributed by atoms with Gasteiger partial charge in [0.2, 0.25) is 5.91 Å². The van der Waals surface area contributed by atoms with Crippen LogP contribution >= 0.6 is 15.9 Å². The van der Waals surface area contributed by atoms with Crippen LogP contribution in [0.1, 0.15) is 6.42 Å². The highest BCUT2D eigenvalue weighted by atomic mass is 79.9. The van der Waals surface area contributed by atoms with Crippen molar-refractivity contribution in [3.63, 3.8) is 0 Å². The summed E-state index contributed by atoms with van der Waals surface area (Å²) in [5.41, 5.74) is 1.49. The molecule has 0 saturated carbocycles. The summed E-state index contributed by atoms with van der Waals surface area (Å²) in [5, 5.41) is 3.40. The summed E-state index contributed by atoms with van der Waals surface area (Å²) in [6.45, 7) is 0.983. The Bertz CT molecular complexity index is 447. The van der Waals surface area contributed by atoms with Crippen molar-refractivity contribution in [2.24, 2.45) is 0 Å². The third-order valence-corrected chi connectivity index (χ3v) is 2.94. The summed E-state index contributed by atoms with van der Waals surface area (Å²) >= 11 is 3.21. The zero-order valence-corrected chi connectivity index (χ0v) is 11.3. The Labute approximate surface area is 113 Å². The molecule has 1 fully saturated rings. The third-order valence-electron chi connectivity index (χ3n) is 2.55. The highest BCUT2D eigenvalue weighted by Gasteiger charge is 2.23. The number of ether oxygens (including phenoxy) is 1. The van der Waals surface area contributed by atoms with Gasteiger partial charge in [-0.25, -0.2) is 4.79 Å². The topological polar surface area (TPSA) is 58.6 Å². The normalized spacial score (nSPS) is 14.5. The van der Waals surface area contributed by atoms with Gasteiger partial charge in [0.25, 0.3) is 0 Å². The number of halogens is 1. The number of nitrogens with one attached hydrogen (secondary N) is 1. The van der Waals surface area contributed by atoms with E-state index in [1.807, 2.05) is 0 Å². The molecule has 2 amide bonds. The molecule has 0 radical (unpaired) electrons. The maximum atomic E-state index is 11.4. The van der Waals surface area contributed by atoms with E-state index in [1.54, 1.807) is 29.2 Å². The van der Waals surface area contributed by atoms with E-state index in [0.29, 0.717) is 24.9 Å². The lowest BCUT2D eigenvalue weighted by atomic mass is 10.2. The second-order valence-corrected chi connectivity index (χ2v) is 4.59. The first kappa shape index (κ1) is 12.9. The van der Waals surface area contributed by atoms with Gasteiger partial charge < -0.3 is 10.1 Å². The molecule has 0 unspecified atom stereocenters.